The van der Waals surface area contributed by atoms with Crippen LogP contribution < -0.4 is 0 Å². The van der Waals surface area contributed by atoms with Gasteiger partial charge in [-0.15, -0.1) is 6.58 Å². The van der Waals surface area contributed by atoms with Gasteiger partial charge < -0.3 is 0 Å². The smallest absolute Gasteiger partial charge is 0.241 e. The molecule has 0 atom stereocenters. The highest BCUT2D eigenvalue weighted by Gasteiger charge is 2.33. The molecule has 7 heteroatoms. The minimum absolute atomic E-state index is 0.224. The third-order valence-electron chi connectivity index (χ3n) is 6.15. The molecule has 0 aliphatic rings. The Hall–Kier alpha value is -3.61. The molecule has 1 heterocycles. The Labute approximate surface area is 206 Å². The van der Waals surface area contributed by atoms with E-state index in [2.05, 4.69) is 16.5 Å². The molecule has 0 radical (unpaired) electrons. The average molecular weight is 497 g/mol. The van der Waals surface area contributed by atoms with E-state index in [-0.39, 0.29) is 18.7 Å². The van der Waals surface area contributed by atoms with Crippen molar-refractivity contribution in [3.8, 4) is 0 Å². The molecule has 1 aromatic heterocycles. The maximum atomic E-state index is 15.1. The third kappa shape index (κ3) is 6.14. The van der Waals surface area contributed by atoms with Gasteiger partial charge in [0.1, 0.15) is 17.5 Å². The minimum atomic E-state index is -4.74. The first-order valence-corrected chi connectivity index (χ1v) is 11.7. The average Bonchev–Trinajstić information content (AvgIpc) is 2.85. The van der Waals surface area contributed by atoms with Crippen molar-refractivity contribution in [3.63, 3.8) is 0 Å². The summed E-state index contributed by atoms with van der Waals surface area (Å²) in [4.78, 5) is 8.84. The Morgan fingerprint density at radius 3 is 2.14 bits per heavy atom. The molecule has 0 bridgehead atoms. The van der Waals surface area contributed by atoms with Gasteiger partial charge in [-0.1, -0.05) is 42.5 Å². The summed E-state index contributed by atoms with van der Waals surface area (Å²) in [6, 6.07) is 11.9. The number of halogens is 5. The lowest BCUT2D eigenvalue weighted by Crippen LogP contribution is -2.08. The molecule has 0 spiro atoms. The zero-order valence-electron chi connectivity index (χ0n) is 19.6. The van der Waals surface area contributed by atoms with Crippen LogP contribution >= 0.6 is 0 Å². The molecule has 0 unspecified atom stereocenters. The number of aryl methyl sites for hydroxylation is 5. The largest absolute Gasteiger partial charge is 0.419 e. The second kappa shape index (κ2) is 11.0. The summed E-state index contributed by atoms with van der Waals surface area (Å²) in [6.45, 7) is 3.71. The summed E-state index contributed by atoms with van der Waals surface area (Å²) in [5.74, 6) is -0.941. The molecule has 0 amide bonds. The van der Waals surface area contributed by atoms with Gasteiger partial charge in [-0.3, -0.25) is 0 Å². The summed E-state index contributed by atoms with van der Waals surface area (Å²) in [5, 5.41) is 1.23. The number of rotatable bonds is 9. The van der Waals surface area contributed by atoms with E-state index in [1.807, 2.05) is 36.7 Å². The van der Waals surface area contributed by atoms with Crippen LogP contribution in [0.4, 0.5) is 22.0 Å². The van der Waals surface area contributed by atoms with Crippen molar-refractivity contribution >= 4 is 10.8 Å². The van der Waals surface area contributed by atoms with Crippen molar-refractivity contribution in [1.82, 2.24) is 9.97 Å². The van der Waals surface area contributed by atoms with E-state index < -0.39 is 17.6 Å². The van der Waals surface area contributed by atoms with Crippen LogP contribution in [0.25, 0.3) is 10.8 Å². The SMILES string of the molecule is C=CCCc1cnc(CCc2ccc3c(F)c(CCc4ccc(C(F)(F)F)c(F)c4)ccc3c2)nc1. The lowest BCUT2D eigenvalue weighted by atomic mass is 9.97. The number of nitrogens with zero attached hydrogens (tertiary/aromatic N) is 2. The van der Waals surface area contributed by atoms with Crippen LogP contribution in [0.3, 0.4) is 0 Å². The highest BCUT2D eigenvalue weighted by Crippen LogP contribution is 2.32. The molecule has 0 aliphatic heterocycles. The topological polar surface area (TPSA) is 25.8 Å². The molecule has 36 heavy (non-hydrogen) atoms. The summed E-state index contributed by atoms with van der Waals surface area (Å²) in [6.07, 6.45) is 4.38. The Balaban J connectivity index is 1.41. The van der Waals surface area contributed by atoms with Gasteiger partial charge >= 0.3 is 6.18 Å². The number of alkyl halides is 3. The molecule has 3 aromatic carbocycles. The predicted octanol–water partition coefficient (Wildman–Crippen LogP) is 7.62. The molecule has 0 N–H and O–H groups in total. The van der Waals surface area contributed by atoms with E-state index in [0.717, 1.165) is 47.3 Å². The number of hydrogen-bond donors (Lipinski definition) is 0. The Morgan fingerprint density at radius 1 is 0.750 bits per heavy atom. The molecule has 4 aromatic rings. The standard InChI is InChI=1S/C29H25F5N2/c1-2-3-4-21-17-35-27(36-18-21)14-8-19-6-12-24-23(15-19)11-10-22(28(24)31)9-5-20-7-13-25(26(30)16-20)29(32,33)34/h2,6-7,10-13,15-18H,1,3-5,8-9,14H2. The first-order valence-electron chi connectivity index (χ1n) is 11.7. The first-order chi connectivity index (χ1) is 17.2. The van der Waals surface area contributed by atoms with Crippen LogP contribution in [0, 0.1) is 11.6 Å². The summed E-state index contributed by atoms with van der Waals surface area (Å²) in [7, 11) is 0. The molecule has 0 fully saturated rings. The zero-order valence-corrected chi connectivity index (χ0v) is 19.6. The van der Waals surface area contributed by atoms with Gasteiger partial charge in [0.2, 0.25) is 0 Å². The lowest BCUT2D eigenvalue weighted by molar-refractivity contribution is -0.140. The fraction of sp³-hybridized carbons (Fsp3) is 0.241. The van der Waals surface area contributed by atoms with Crippen molar-refractivity contribution in [1.29, 1.82) is 0 Å². The van der Waals surface area contributed by atoms with Crippen LogP contribution in [-0.2, 0) is 38.3 Å². The third-order valence-corrected chi connectivity index (χ3v) is 6.15. The van der Waals surface area contributed by atoms with Gasteiger partial charge in [0.15, 0.2) is 0 Å². The van der Waals surface area contributed by atoms with E-state index in [0.29, 0.717) is 29.4 Å². The normalized spacial score (nSPS) is 11.7. The number of hydrogen-bond acceptors (Lipinski definition) is 2. The van der Waals surface area contributed by atoms with Crippen molar-refractivity contribution in [3.05, 3.63) is 119 Å². The number of allylic oxidation sites excluding steroid dienone is 1. The highest BCUT2D eigenvalue weighted by molar-refractivity contribution is 5.84. The van der Waals surface area contributed by atoms with E-state index in [1.54, 1.807) is 12.1 Å². The monoisotopic (exact) mass is 496 g/mol. The molecule has 0 aliphatic carbocycles. The molecule has 0 saturated carbocycles. The number of aromatic nitrogens is 2. The molecule has 2 nitrogen and oxygen atoms in total. The summed E-state index contributed by atoms with van der Waals surface area (Å²) in [5.41, 5.74) is 1.62. The van der Waals surface area contributed by atoms with Gasteiger partial charge in [0, 0.05) is 24.2 Å². The van der Waals surface area contributed by atoms with Crippen LogP contribution in [0.15, 0.2) is 73.6 Å². The van der Waals surface area contributed by atoms with Crippen LogP contribution in [0.1, 0.15) is 40.1 Å². The molecule has 0 saturated heterocycles. The second-order valence-electron chi connectivity index (χ2n) is 8.74. The maximum absolute atomic E-state index is 15.1. The first kappa shape index (κ1) is 25.5. The van der Waals surface area contributed by atoms with Crippen LogP contribution in [-0.4, -0.2) is 9.97 Å². The van der Waals surface area contributed by atoms with Crippen LogP contribution in [0.2, 0.25) is 0 Å². The van der Waals surface area contributed by atoms with Gasteiger partial charge in [-0.2, -0.15) is 13.2 Å². The fourth-order valence-corrected chi connectivity index (χ4v) is 4.12. The number of fused-ring (bicyclic) bond motifs is 1. The van der Waals surface area contributed by atoms with Crippen LogP contribution in [0.5, 0.6) is 0 Å². The molecular weight excluding hydrogens is 471 g/mol. The van der Waals surface area contributed by atoms with Gasteiger partial charge in [-0.25, -0.2) is 18.7 Å². The van der Waals surface area contributed by atoms with E-state index >= 15 is 4.39 Å². The van der Waals surface area contributed by atoms with Crippen molar-refractivity contribution in [2.75, 3.05) is 0 Å². The molecule has 4 rings (SSSR count). The van der Waals surface area contributed by atoms with E-state index in [1.165, 1.54) is 6.07 Å². The molecular formula is C29H25F5N2. The quantitative estimate of drug-likeness (QED) is 0.176. The Kier molecular flexibility index (Phi) is 7.77. The fourth-order valence-electron chi connectivity index (χ4n) is 4.12. The van der Waals surface area contributed by atoms with Crippen molar-refractivity contribution < 1.29 is 22.0 Å². The predicted molar refractivity (Wildman–Crippen MR) is 131 cm³/mol. The maximum Gasteiger partial charge on any atom is 0.419 e. The van der Waals surface area contributed by atoms with Crippen molar-refractivity contribution in [2.45, 2.75) is 44.7 Å². The second-order valence-corrected chi connectivity index (χ2v) is 8.74. The van der Waals surface area contributed by atoms with Gasteiger partial charge in [0.25, 0.3) is 0 Å². The minimum Gasteiger partial charge on any atom is -0.241 e. The molecule has 186 valence electrons. The zero-order chi connectivity index (χ0) is 25.7. The summed E-state index contributed by atoms with van der Waals surface area (Å²) < 4.78 is 67.2. The van der Waals surface area contributed by atoms with E-state index in [9.17, 15) is 17.6 Å². The Bertz CT molecular complexity index is 1360. The Morgan fingerprint density at radius 2 is 1.44 bits per heavy atom. The van der Waals surface area contributed by atoms with Crippen molar-refractivity contribution in [2.24, 2.45) is 0 Å². The lowest BCUT2D eigenvalue weighted by Gasteiger charge is -2.11. The number of benzene rings is 3. The van der Waals surface area contributed by atoms with Gasteiger partial charge in [-0.05, 0) is 71.9 Å². The van der Waals surface area contributed by atoms with Gasteiger partial charge in [0.05, 0.1) is 5.56 Å². The highest BCUT2D eigenvalue weighted by atomic mass is 19.4. The summed E-state index contributed by atoms with van der Waals surface area (Å²) >= 11 is 0. The van der Waals surface area contributed by atoms with E-state index in [4.69, 9.17) is 0 Å².